The summed E-state index contributed by atoms with van der Waals surface area (Å²) in [4.78, 5) is 26.0. The molecule has 0 atom stereocenters. The van der Waals surface area contributed by atoms with Crippen molar-refractivity contribution in [1.82, 2.24) is 0 Å². The Labute approximate surface area is 128 Å². The molecule has 1 heterocycles. The monoisotopic (exact) mass is 303 g/mol. The Morgan fingerprint density at radius 1 is 1.10 bits per heavy atom. The SMILES string of the molecule is COc1ccc(N2C(=O)CSC2=C2CCCCC2=O)cc1. The van der Waals surface area contributed by atoms with Gasteiger partial charge in [0.15, 0.2) is 5.78 Å². The lowest BCUT2D eigenvalue weighted by Crippen LogP contribution is -2.26. The van der Waals surface area contributed by atoms with Crippen molar-refractivity contribution in [2.45, 2.75) is 25.7 Å². The number of carbonyl (C=O) groups excluding carboxylic acids is 2. The molecule has 1 saturated carbocycles. The lowest BCUT2D eigenvalue weighted by Gasteiger charge is -2.22. The van der Waals surface area contributed by atoms with Gasteiger partial charge < -0.3 is 4.74 Å². The van der Waals surface area contributed by atoms with Crippen molar-refractivity contribution in [3.63, 3.8) is 0 Å². The molecule has 2 fully saturated rings. The molecule has 21 heavy (non-hydrogen) atoms. The summed E-state index contributed by atoms with van der Waals surface area (Å²) in [5.74, 6) is 1.38. The number of amides is 1. The Morgan fingerprint density at radius 3 is 2.48 bits per heavy atom. The third kappa shape index (κ3) is 2.70. The van der Waals surface area contributed by atoms with Gasteiger partial charge in [0.25, 0.3) is 0 Å². The fourth-order valence-corrected chi connectivity index (χ4v) is 3.81. The molecule has 4 nitrogen and oxygen atoms in total. The van der Waals surface area contributed by atoms with Gasteiger partial charge in [-0.05, 0) is 43.5 Å². The molecule has 0 aromatic heterocycles. The van der Waals surface area contributed by atoms with Gasteiger partial charge in [0.05, 0.1) is 17.9 Å². The Hall–Kier alpha value is -1.75. The minimum Gasteiger partial charge on any atom is -0.497 e. The molecule has 1 amide bonds. The highest BCUT2D eigenvalue weighted by Crippen LogP contribution is 2.39. The first-order valence-electron chi connectivity index (χ1n) is 7.07. The zero-order chi connectivity index (χ0) is 14.8. The first-order valence-corrected chi connectivity index (χ1v) is 8.05. The second-order valence-electron chi connectivity index (χ2n) is 5.13. The van der Waals surface area contributed by atoms with Crippen LogP contribution in [0.2, 0.25) is 0 Å². The van der Waals surface area contributed by atoms with E-state index in [1.54, 1.807) is 12.0 Å². The van der Waals surface area contributed by atoms with Crippen molar-refractivity contribution in [3.8, 4) is 5.75 Å². The average Bonchev–Trinajstić information content (AvgIpc) is 2.89. The summed E-state index contributed by atoms with van der Waals surface area (Å²) < 4.78 is 5.14. The first kappa shape index (κ1) is 14.2. The molecule has 1 saturated heterocycles. The third-order valence-corrected chi connectivity index (χ3v) is 4.88. The van der Waals surface area contributed by atoms with Crippen molar-refractivity contribution >= 4 is 29.1 Å². The molecule has 0 radical (unpaired) electrons. The maximum atomic E-state index is 12.2. The van der Waals surface area contributed by atoms with Crippen LogP contribution < -0.4 is 9.64 Å². The van der Waals surface area contributed by atoms with Crippen molar-refractivity contribution in [1.29, 1.82) is 0 Å². The summed E-state index contributed by atoms with van der Waals surface area (Å²) in [6.07, 6.45) is 3.36. The van der Waals surface area contributed by atoms with Crippen LogP contribution in [0, 0.1) is 0 Å². The Kier molecular flexibility index (Phi) is 4.01. The fourth-order valence-electron chi connectivity index (χ4n) is 2.69. The number of carbonyl (C=O) groups is 2. The van der Waals surface area contributed by atoms with E-state index in [-0.39, 0.29) is 11.7 Å². The molecule has 1 aromatic rings. The quantitative estimate of drug-likeness (QED) is 0.788. The summed E-state index contributed by atoms with van der Waals surface area (Å²) in [5, 5.41) is 0.829. The number of ketones is 1. The second kappa shape index (κ2) is 5.93. The summed E-state index contributed by atoms with van der Waals surface area (Å²) in [7, 11) is 1.61. The highest BCUT2D eigenvalue weighted by Gasteiger charge is 2.33. The van der Waals surface area contributed by atoms with E-state index in [1.165, 1.54) is 11.8 Å². The smallest absolute Gasteiger partial charge is 0.242 e. The van der Waals surface area contributed by atoms with Crippen molar-refractivity contribution in [3.05, 3.63) is 34.9 Å². The number of rotatable bonds is 2. The molecule has 1 aromatic carbocycles. The molecule has 1 aliphatic heterocycles. The van der Waals surface area contributed by atoms with Crippen molar-refractivity contribution in [2.24, 2.45) is 0 Å². The second-order valence-corrected chi connectivity index (χ2v) is 6.09. The number of Topliss-reactive ketones (excluding diaryl/α,β-unsaturated/α-hetero) is 1. The predicted octanol–water partition coefficient (Wildman–Crippen LogP) is 3.13. The normalized spacial score (nSPS) is 22.8. The van der Waals surface area contributed by atoms with Crippen LogP contribution in [0.25, 0.3) is 0 Å². The number of allylic oxidation sites excluding steroid dienone is 1. The van der Waals surface area contributed by atoms with Crippen molar-refractivity contribution < 1.29 is 14.3 Å². The Morgan fingerprint density at radius 2 is 1.81 bits per heavy atom. The van der Waals surface area contributed by atoms with Gasteiger partial charge in [-0.1, -0.05) is 11.8 Å². The predicted molar refractivity (Wildman–Crippen MR) is 83.4 cm³/mol. The van der Waals surface area contributed by atoms with E-state index in [0.29, 0.717) is 12.2 Å². The van der Waals surface area contributed by atoms with E-state index in [4.69, 9.17) is 4.74 Å². The number of nitrogens with zero attached hydrogens (tertiary/aromatic N) is 1. The lowest BCUT2D eigenvalue weighted by atomic mass is 9.94. The summed E-state index contributed by atoms with van der Waals surface area (Å²) >= 11 is 1.48. The zero-order valence-electron chi connectivity index (χ0n) is 11.9. The fraction of sp³-hybridized carbons (Fsp3) is 0.375. The molecule has 0 spiro atoms. The minimum atomic E-state index is 0.0334. The molecular weight excluding hydrogens is 286 g/mol. The van der Waals surface area contributed by atoms with E-state index >= 15 is 0 Å². The van der Waals surface area contributed by atoms with Crippen LogP contribution in [0.1, 0.15) is 25.7 Å². The number of benzene rings is 1. The zero-order valence-corrected chi connectivity index (χ0v) is 12.7. The number of anilines is 1. The van der Waals surface area contributed by atoms with Crippen molar-refractivity contribution in [2.75, 3.05) is 17.8 Å². The van der Waals surface area contributed by atoms with Gasteiger partial charge >= 0.3 is 0 Å². The molecule has 0 unspecified atom stereocenters. The van der Waals surface area contributed by atoms with E-state index in [0.717, 1.165) is 41.3 Å². The van der Waals surface area contributed by atoms with Crippen LogP contribution in [-0.2, 0) is 9.59 Å². The molecule has 2 aliphatic rings. The largest absolute Gasteiger partial charge is 0.497 e. The van der Waals surface area contributed by atoms with Gasteiger partial charge in [-0.2, -0.15) is 0 Å². The highest BCUT2D eigenvalue weighted by atomic mass is 32.2. The van der Waals surface area contributed by atoms with Gasteiger partial charge in [-0.15, -0.1) is 0 Å². The van der Waals surface area contributed by atoms with Gasteiger partial charge in [0.2, 0.25) is 5.91 Å². The average molecular weight is 303 g/mol. The molecule has 0 bridgehead atoms. The number of ether oxygens (including phenoxy) is 1. The Bertz CT molecular complexity index is 606. The number of methoxy groups -OCH3 is 1. The van der Waals surface area contributed by atoms with E-state index < -0.39 is 0 Å². The van der Waals surface area contributed by atoms with Crippen LogP contribution in [0.15, 0.2) is 34.9 Å². The minimum absolute atomic E-state index is 0.0334. The van der Waals surface area contributed by atoms with Gasteiger partial charge in [0, 0.05) is 17.7 Å². The van der Waals surface area contributed by atoms with Crippen LogP contribution in [-0.4, -0.2) is 24.6 Å². The van der Waals surface area contributed by atoms with Crippen LogP contribution in [0.3, 0.4) is 0 Å². The van der Waals surface area contributed by atoms with Gasteiger partial charge in [-0.3, -0.25) is 14.5 Å². The van der Waals surface area contributed by atoms with Crippen LogP contribution >= 0.6 is 11.8 Å². The molecule has 5 heteroatoms. The summed E-state index contributed by atoms with van der Waals surface area (Å²) in [6, 6.07) is 7.38. The van der Waals surface area contributed by atoms with Gasteiger partial charge in [-0.25, -0.2) is 0 Å². The van der Waals surface area contributed by atoms with Gasteiger partial charge in [0.1, 0.15) is 5.75 Å². The maximum Gasteiger partial charge on any atom is 0.242 e. The van der Waals surface area contributed by atoms with E-state index in [2.05, 4.69) is 0 Å². The number of hydrogen-bond acceptors (Lipinski definition) is 4. The maximum absolute atomic E-state index is 12.2. The standard InChI is InChI=1S/C16H17NO3S/c1-20-12-8-6-11(7-9-12)17-15(19)10-21-16(17)13-4-2-3-5-14(13)18/h6-9H,2-5,10H2,1H3. The number of hydrogen-bond donors (Lipinski definition) is 0. The van der Waals surface area contributed by atoms with Crippen LogP contribution in [0.5, 0.6) is 5.75 Å². The summed E-state index contributed by atoms with van der Waals surface area (Å²) in [5.41, 5.74) is 1.62. The lowest BCUT2D eigenvalue weighted by molar-refractivity contribution is -0.116. The molecular formula is C16H17NO3S. The van der Waals surface area contributed by atoms with E-state index in [1.807, 2.05) is 24.3 Å². The molecule has 0 N–H and O–H groups in total. The topological polar surface area (TPSA) is 46.6 Å². The molecule has 110 valence electrons. The third-order valence-electron chi connectivity index (χ3n) is 3.79. The first-order chi connectivity index (χ1) is 10.2. The van der Waals surface area contributed by atoms with E-state index in [9.17, 15) is 9.59 Å². The molecule has 1 aliphatic carbocycles. The van der Waals surface area contributed by atoms with Crippen LogP contribution in [0.4, 0.5) is 5.69 Å². The number of thioether (sulfide) groups is 1. The molecule has 3 rings (SSSR count). The highest BCUT2D eigenvalue weighted by molar-refractivity contribution is 8.04. The summed E-state index contributed by atoms with van der Waals surface area (Å²) in [6.45, 7) is 0. The Balaban J connectivity index is 1.99.